The first kappa shape index (κ1) is 19.6. The first-order chi connectivity index (χ1) is 14.9. The molecule has 0 saturated heterocycles. The number of halogens is 1. The molecule has 0 spiro atoms. The summed E-state index contributed by atoms with van der Waals surface area (Å²) in [6.07, 6.45) is 0. The predicted octanol–water partition coefficient (Wildman–Crippen LogP) is 3.81. The van der Waals surface area contributed by atoms with Crippen LogP contribution in [-0.4, -0.2) is 20.5 Å². The fraction of sp³-hybridized carbons (Fsp3) is 0.0455. The third-order valence-corrected chi connectivity index (χ3v) is 4.67. The van der Waals surface area contributed by atoms with Crippen LogP contribution in [-0.2, 0) is 0 Å². The lowest BCUT2D eigenvalue weighted by atomic mass is 10.1. The average molecular weight is 412 g/mol. The van der Waals surface area contributed by atoms with Crippen molar-refractivity contribution in [2.24, 2.45) is 0 Å². The van der Waals surface area contributed by atoms with Gasteiger partial charge in [0.05, 0.1) is 11.3 Å². The zero-order valence-corrected chi connectivity index (χ0v) is 16.1. The van der Waals surface area contributed by atoms with Gasteiger partial charge in [0.25, 0.3) is 22.8 Å². The van der Waals surface area contributed by atoms with Crippen LogP contribution >= 0.6 is 0 Å². The number of aromatic amines is 1. The number of carbonyl (C=O) groups excluding carboxylic acids is 1. The van der Waals surface area contributed by atoms with Crippen LogP contribution in [0, 0.1) is 30.6 Å². The Morgan fingerprint density at radius 3 is 2.71 bits per heavy atom. The number of nitriles is 1. The molecule has 1 amide bonds. The van der Waals surface area contributed by atoms with Gasteiger partial charge in [-0.25, -0.2) is 8.91 Å². The number of H-pyrrole nitrogens is 1. The standard InChI is InChI=1S/C22H13FN6O2/c1-12-17(22(31)26-16-10-15(23)9-8-14(16)11-24)19(30)21-27-20(25-2)18(29(21)28-12)13-6-4-3-5-7-13/h3-10,28H,1H3,(H,26,31). The molecule has 2 heterocycles. The molecule has 8 nitrogen and oxygen atoms in total. The molecule has 2 aromatic heterocycles. The second-order valence-corrected chi connectivity index (χ2v) is 6.62. The quantitative estimate of drug-likeness (QED) is 0.499. The van der Waals surface area contributed by atoms with Gasteiger partial charge in [0.1, 0.15) is 23.1 Å². The van der Waals surface area contributed by atoms with E-state index in [2.05, 4.69) is 20.2 Å². The molecule has 0 aliphatic carbocycles. The van der Waals surface area contributed by atoms with Crippen LogP contribution in [0.4, 0.5) is 15.9 Å². The number of fused-ring (bicyclic) bond motifs is 1. The van der Waals surface area contributed by atoms with E-state index in [1.54, 1.807) is 24.3 Å². The van der Waals surface area contributed by atoms with Crippen molar-refractivity contribution in [3.05, 3.63) is 92.8 Å². The van der Waals surface area contributed by atoms with Crippen molar-refractivity contribution in [3.8, 4) is 17.3 Å². The Kier molecular flexibility index (Phi) is 4.78. The number of hydrogen-bond donors (Lipinski definition) is 2. The molecule has 0 bridgehead atoms. The van der Waals surface area contributed by atoms with Crippen LogP contribution in [0.25, 0.3) is 21.7 Å². The molecule has 0 aliphatic rings. The number of nitrogens with zero attached hydrogens (tertiary/aromatic N) is 4. The van der Waals surface area contributed by atoms with Crippen molar-refractivity contribution < 1.29 is 9.18 Å². The van der Waals surface area contributed by atoms with Crippen molar-refractivity contribution in [1.82, 2.24) is 14.6 Å². The van der Waals surface area contributed by atoms with Crippen LogP contribution in [0.5, 0.6) is 0 Å². The fourth-order valence-corrected chi connectivity index (χ4v) is 3.28. The number of anilines is 1. The molecule has 4 aromatic rings. The van der Waals surface area contributed by atoms with Gasteiger partial charge in [-0.15, -0.1) is 0 Å². The van der Waals surface area contributed by atoms with E-state index < -0.39 is 17.2 Å². The topological polar surface area (TPSA) is 107 Å². The zero-order valence-electron chi connectivity index (χ0n) is 16.1. The number of rotatable bonds is 3. The Balaban J connectivity index is 1.87. The molecule has 0 aliphatic heterocycles. The van der Waals surface area contributed by atoms with Crippen molar-refractivity contribution in [3.63, 3.8) is 0 Å². The van der Waals surface area contributed by atoms with Crippen molar-refractivity contribution in [1.29, 1.82) is 5.26 Å². The maximum absolute atomic E-state index is 13.6. The van der Waals surface area contributed by atoms with E-state index in [1.165, 1.54) is 17.5 Å². The Morgan fingerprint density at radius 2 is 2.03 bits per heavy atom. The third kappa shape index (κ3) is 3.30. The predicted molar refractivity (Wildman–Crippen MR) is 111 cm³/mol. The first-order valence-corrected chi connectivity index (χ1v) is 9.03. The fourth-order valence-electron chi connectivity index (χ4n) is 3.28. The molecular weight excluding hydrogens is 399 g/mol. The number of aryl methyl sites for hydroxylation is 1. The van der Waals surface area contributed by atoms with E-state index in [0.717, 1.165) is 12.1 Å². The van der Waals surface area contributed by atoms with Crippen LogP contribution < -0.4 is 10.7 Å². The maximum Gasteiger partial charge on any atom is 0.298 e. The van der Waals surface area contributed by atoms with Gasteiger partial charge in [-0.3, -0.25) is 14.7 Å². The molecule has 150 valence electrons. The number of aromatic nitrogens is 3. The highest BCUT2D eigenvalue weighted by molar-refractivity contribution is 6.06. The van der Waals surface area contributed by atoms with Gasteiger partial charge in [0.15, 0.2) is 0 Å². The van der Waals surface area contributed by atoms with E-state index in [0.29, 0.717) is 11.3 Å². The highest BCUT2D eigenvalue weighted by atomic mass is 19.1. The molecule has 2 N–H and O–H groups in total. The number of nitrogens with one attached hydrogen (secondary N) is 2. The summed E-state index contributed by atoms with van der Waals surface area (Å²) in [6, 6.07) is 14.1. The van der Waals surface area contributed by atoms with Gasteiger partial charge >= 0.3 is 0 Å². The third-order valence-electron chi connectivity index (χ3n) is 4.67. The van der Waals surface area contributed by atoms with Crippen LogP contribution in [0.1, 0.15) is 21.6 Å². The molecule has 0 fully saturated rings. The Morgan fingerprint density at radius 1 is 1.29 bits per heavy atom. The Bertz CT molecular complexity index is 1490. The number of carbonyl (C=O) groups is 1. The van der Waals surface area contributed by atoms with Gasteiger partial charge in [-0.05, 0) is 30.7 Å². The lowest BCUT2D eigenvalue weighted by molar-refractivity contribution is 0.102. The second kappa shape index (κ2) is 7.58. The molecular formula is C22H13FN6O2. The first-order valence-electron chi connectivity index (χ1n) is 9.03. The van der Waals surface area contributed by atoms with Crippen molar-refractivity contribution in [2.45, 2.75) is 6.92 Å². The van der Waals surface area contributed by atoms with E-state index in [1.807, 2.05) is 12.1 Å². The lowest BCUT2D eigenvalue weighted by Crippen LogP contribution is -2.26. The summed E-state index contributed by atoms with van der Waals surface area (Å²) in [5.41, 5.74) is 0.212. The monoisotopic (exact) mass is 412 g/mol. The highest BCUT2D eigenvalue weighted by Crippen LogP contribution is 2.30. The summed E-state index contributed by atoms with van der Waals surface area (Å²) in [5.74, 6) is -1.46. The number of amides is 1. The molecule has 0 radical (unpaired) electrons. The van der Waals surface area contributed by atoms with E-state index >= 15 is 0 Å². The number of benzene rings is 2. The lowest BCUT2D eigenvalue weighted by Gasteiger charge is -2.10. The normalized spacial score (nSPS) is 10.5. The number of imidazole rings is 1. The summed E-state index contributed by atoms with van der Waals surface area (Å²) in [5, 5.41) is 14.5. The van der Waals surface area contributed by atoms with E-state index in [-0.39, 0.29) is 34.0 Å². The maximum atomic E-state index is 13.6. The zero-order chi connectivity index (χ0) is 22.1. The minimum Gasteiger partial charge on any atom is -0.359 e. The van der Waals surface area contributed by atoms with Gasteiger partial charge in [0, 0.05) is 5.69 Å². The SMILES string of the molecule is [C-]#[N+]c1nc2c(=O)c(C(=O)Nc3cc(F)ccc3C#N)c(C)[nH]n2c1-c1ccccc1. The summed E-state index contributed by atoms with van der Waals surface area (Å²) < 4.78 is 15.0. The van der Waals surface area contributed by atoms with Crippen LogP contribution in [0.2, 0.25) is 0 Å². The molecule has 0 unspecified atom stereocenters. The Hall–Kier alpha value is -4.76. The van der Waals surface area contributed by atoms with Gasteiger partial charge < -0.3 is 10.2 Å². The van der Waals surface area contributed by atoms with Crippen LogP contribution in [0.15, 0.2) is 53.3 Å². The minimum absolute atomic E-state index is 0.00778. The Labute approximate surface area is 175 Å². The molecule has 0 saturated carbocycles. The van der Waals surface area contributed by atoms with E-state index in [9.17, 15) is 19.2 Å². The molecule has 4 rings (SSSR count). The minimum atomic E-state index is -0.822. The number of hydrogen-bond acceptors (Lipinski definition) is 4. The summed E-state index contributed by atoms with van der Waals surface area (Å²) in [6.45, 7) is 8.96. The van der Waals surface area contributed by atoms with Gasteiger partial charge in [0.2, 0.25) is 0 Å². The molecule has 2 aromatic carbocycles. The summed E-state index contributed by atoms with van der Waals surface area (Å²) in [7, 11) is 0. The average Bonchev–Trinajstić information content (AvgIpc) is 3.13. The van der Waals surface area contributed by atoms with Crippen molar-refractivity contribution >= 4 is 23.1 Å². The largest absolute Gasteiger partial charge is 0.359 e. The summed E-state index contributed by atoms with van der Waals surface area (Å²) >= 11 is 0. The molecule has 31 heavy (non-hydrogen) atoms. The van der Waals surface area contributed by atoms with Crippen molar-refractivity contribution in [2.75, 3.05) is 5.32 Å². The smallest absolute Gasteiger partial charge is 0.298 e. The highest BCUT2D eigenvalue weighted by Gasteiger charge is 2.25. The van der Waals surface area contributed by atoms with Crippen LogP contribution in [0.3, 0.4) is 0 Å². The molecule has 0 atom stereocenters. The van der Waals surface area contributed by atoms with E-state index in [4.69, 9.17) is 6.57 Å². The molecule has 9 heteroatoms. The van der Waals surface area contributed by atoms with Gasteiger partial charge in [-0.1, -0.05) is 41.9 Å². The summed E-state index contributed by atoms with van der Waals surface area (Å²) in [4.78, 5) is 33.5. The van der Waals surface area contributed by atoms with Gasteiger partial charge in [-0.2, -0.15) is 5.26 Å². The second-order valence-electron chi connectivity index (χ2n) is 6.62.